The summed E-state index contributed by atoms with van der Waals surface area (Å²) in [6.07, 6.45) is 1.98. The van der Waals surface area contributed by atoms with Gasteiger partial charge >= 0.3 is 0 Å². The van der Waals surface area contributed by atoms with Crippen LogP contribution in [0.3, 0.4) is 0 Å². The molecule has 28 heavy (non-hydrogen) atoms. The molecule has 2 heterocycles. The highest BCUT2D eigenvalue weighted by molar-refractivity contribution is 5.50. The first kappa shape index (κ1) is 18.9. The summed E-state index contributed by atoms with van der Waals surface area (Å²) in [5.74, 6) is 2.48. The first-order chi connectivity index (χ1) is 13.3. The molecular formula is C23H29NO4. The predicted molar refractivity (Wildman–Crippen MR) is 108 cm³/mol. The zero-order valence-electron chi connectivity index (χ0n) is 17.1. The van der Waals surface area contributed by atoms with Gasteiger partial charge < -0.3 is 19.3 Å². The van der Waals surface area contributed by atoms with Crippen LogP contribution in [0.5, 0.6) is 23.0 Å². The quantitative estimate of drug-likeness (QED) is 0.788. The fourth-order valence-electron chi connectivity index (χ4n) is 3.89. The summed E-state index contributed by atoms with van der Waals surface area (Å²) < 4.78 is 16.8. The van der Waals surface area contributed by atoms with Crippen LogP contribution in [0.2, 0.25) is 0 Å². The molecule has 0 saturated heterocycles. The van der Waals surface area contributed by atoms with Crippen LogP contribution in [0.1, 0.15) is 50.8 Å². The molecule has 5 heteroatoms. The monoisotopic (exact) mass is 383 g/mol. The van der Waals surface area contributed by atoms with Crippen LogP contribution in [0.25, 0.3) is 0 Å². The Hall–Kier alpha value is -2.40. The second-order valence-corrected chi connectivity index (χ2v) is 8.61. The summed E-state index contributed by atoms with van der Waals surface area (Å²) in [4.78, 5) is 2.51. The van der Waals surface area contributed by atoms with Gasteiger partial charge in [-0.3, -0.25) is 4.90 Å². The molecule has 0 aliphatic carbocycles. The molecule has 2 aromatic rings. The van der Waals surface area contributed by atoms with Gasteiger partial charge in [-0.15, -0.1) is 0 Å². The predicted octanol–water partition coefficient (Wildman–Crippen LogP) is 4.64. The fourth-order valence-corrected chi connectivity index (χ4v) is 3.89. The number of hydrogen-bond donors (Lipinski definition) is 1. The van der Waals surface area contributed by atoms with E-state index in [-0.39, 0.29) is 17.4 Å². The van der Waals surface area contributed by atoms with Gasteiger partial charge in [-0.2, -0.15) is 0 Å². The highest BCUT2D eigenvalue weighted by Gasteiger charge is 2.33. The largest absolute Gasteiger partial charge is 0.504 e. The molecule has 0 bridgehead atoms. The maximum absolute atomic E-state index is 10.0. The van der Waals surface area contributed by atoms with Gasteiger partial charge in [0.25, 0.3) is 0 Å². The van der Waals surface area contributed by atoms with Crippen molar-refractivity contribution in [3.05, 3.63) is 47.0 Å². The lowest BCUT2D eigenvalue weighted by Crippen LogP contribution is -2.40. The smallest absolute Gasteiger partial charge is 0.231 e. The van der Waals surface area contributed by atoms with Crippen LogP contribution < -0.4 is 14.2 Å². The van der Waals surface area contributed by atoms with Crippen molar-refractivity contribution in [3.8, 4) is 23.0 Å². The molecule has 0 spiro atoms. The van der Waals surface area contributed by atoms with Crippen molar-refractivity contribution >= 4 is 0 Å². The molecule has 0 amide bonds. The van der Waals surface area contributed by atoms with Crippen molar-refractivity contribution in [3.63, 3.8) is 0 Å². The molecule has 5 nitrogen and oxygen atoms in total. The lowest BCUT2D eigenvalue weighted by atomic mass is 9.93. The maximum Gasteiger partial charge on any atom is 0.231 e. The first-order valence-corrected chi connectivity index (χ1v) is 9.97. The van der Waals surface area contributed by atoms with Crippen LogP contribution >= 0.6 is 0 Å². The van der Waals surface area contributed by atoms with Gasteiger partial charge in [0.15, 0.2) is 23.0 Å². The number of ether oxygens (including phenoxy) is 3. The minimum absolute atomic E-state index is 0.0373. The van der Waals surface area contributed by atoms with E-state index in [1.165, 1.54) is 16.7 Å². The van der Waals surface area contributed by atoms with E-state index in [9.17, 15) is 5.11 Å². The van der Waals surface area contributed by atoms with Crippen LogP contribution in [0.4, 0.5) is 0 Å². The SMILES string of the molecule is CC(C)Oc1cc(CCC(C)(C)N2Cc3cc4c(cc3C2)OCO4)ccc1O. The average Bonchev–Trinajstić information content (AvgIpc) is 3.26. The van der Waals surface area contributed by atoms with E-state index in [2.05, 4.69) is 30.9 Å². The van der Waals surface area contributed by atoms with Gasteiger partial charge in [0, 0.05) is 18.6 Å². The third-order valence-corrected chi connectivity index (χ3v) is 5.69. The molecule has 2 aromatic carbocycles. The number of fused-ring (bicyclic) bond motifs is 2. The minimum Gasteiger partial charge on any atom is -0.504 e. The van der Waals surface area contributed by atoms with Crippen molar-refractivity contribution < 1.29 is 19.3 Å². The van der Waals surface area contributed by atoms with E-state index < -0.39 is 0 Å². The number of aryl methyl sites for hydroxylation is 1. The van der Waals surface area contributed by atoms with E-state index in [1.807, 2.05) is 26.0 Å². The van der Waals surface area contributed by atoms with E-state index in [4.69, 9.17) is 14.2 Å². The van der Waals surface area contributed by atoms with Crippen LogP contribution in [0, 0.1) is 0 Å². The van der Waals surface area contributed by atoms with Gasteiger partial charge in [0.05, 0.1) is 6.10 Å². The van der Waals surface area contributed by atoms with Crippen LogP contribution in [-0.2, 0) is 19.5 Å². The molecule has 0 fully saturated rings. The Morgan fingerprint density at radius 2 is 1.71 bits per heavy atom. The van der Waals surface area contributed by atoms with E-state index in [0.717, 1.165) is 37.4 Å². The summed E-state index contributed by atoms with van der Waals surface area (Å²) in [5, 5.41) is 10.0. The van der Waals surface area contributed by atoms with Crippen molar-refractivity contribution in [1.29, 1.82) is 0 Å². The molecule has 1 N–H and O–H groups in total. The molecule has 4 rings (SSSR count). The fraction of sp³-hybridized carbons (Fsp3) is 0.478. The summed E-state index contributed by atoms with van der Waals surface area (Å²) in [5.41, 5.74) is 3.88. The summed E-state index contributed by atoms with van der Waals surface area (Å²) in [7, 11) is 0. The van der Waals surface area contributed by atoms with Gasteiger partial charge in [-0.25, -0.2) is 0 Å². The van der Waals surface area contributed by atoms with E-state index >= 15 is 0 Å². The Kier molecular flexibility index (Phi) is 4.88. The molecular weight excluding hydrogens is 354 g/mol. The Bertz CT molecular complexity index is 842. The maximum atomic E-state index is 10.0. The van der Waals surface area contributed by atoms with Crippen molar-refractivity contribution in [2.45, 2.75) is 65.3 Å². The number of benzene rings is 2. The zero-order valence-corrected chi connectivity index (χ0v) is 17.1. The average molecular weight is 383 g/mol. The Morgan fingerprint density at radius 1 is 1.07 bits per heavy atom. The van der Waals surface area contributed by atoms with E-state index in [1.54, 1.807) is 6.07 Å². The normalized spacial score (nSPS) is 15.9. The molecule has 0 radical (unpaired) electrons. The van der Waals surface area contributed by atoms with Crippen molar-refractivity contribution in [2.75, 3.05) is 6.79 Å². The van der Waals surface area contributed by atoms with Gasteiger partial charge in [0.2, 0.25) is 6.79 Å². The number of phenolic OH excluding ortho intramolecular Hbond substituents is 1. The molecule has 0 aromatic heterocycles. The summed E-state index contributed by atoms with van der Waals surface area (Å²) in [6.45, 7) is 10.7. The molecule has 2 aliphatic rings. The van der Waals surface area contributed by atoms with Crippen molar-refractivity contribution in [1.82, 2.24) is 4.90 Å². The lowest BCUT2D eigenvalue weighted by Gasteiger charge is -2.35. The molecule has 0 saturated carbocycles. The highest BCUT2D eigenvalue weighted by Crippen LogP contribution is 2.40. The molecule has 0 atom stereocenters. The molecule has 0 unspecified atom stereocenters. The minimum atomic E-state index is 0.0373. The topological polar surface area (TPSA) is 51.2 Å². The number of phenols is 1. The number of rotatable bonds is 6. The van der Waals surface area contributed by atoms with Crippen molar-refractivity contribution in [2.24, 2.45) is 0 Å². The van der Waals surface area contributed by atoms with Crippen LogP contribution in [-0.4, -0.2) is 28.4 Å². The van der Waals surface area contributed by atoms with Gasteiger partial charge in [0.1, 0.15) is 0 Å². The third kappa shape index (κ3) is 3.76. The summed E-state index contributed by atoms with van der Waals surface area (Å²) in [6, 6.07) is 9.93. The third-order valence-electron chi connectivity index (χ3n) is 5.69. The number of nitrogens with zero attached hydrogens (tertiary/aromatic N) is 1. The number of aromatic hydroxyl groups is 1. The second kappa shape index (κ2) is 7.21. The van der Waals surface area contributed by atoms with Gasteiger partial charge in [-0.05, 0) is 81.5 Å². The molecule has 2 aliphatic heterocycles. The first-order valence-electron chi connectivity index (χ1n) is 9.97. The second-order valence-electron chi connectivity index (χ2n) is 8.61. The number of hydrogen-bond acceptors (Lipinski definition) is 5. The Balaban J connectivity index is 1.42. The summed E-state index contributed by atoms with van der Waals surface area (Å²) >= 11 is 0. The highest BCUT2D eigenvalue weighted by atomic mass is 16.7. The lowest BCUT2D eigenvalue weighted by molar-refractivity contribution is 0.109. The molecule has 150 valence electrons. The Labute approximate surface area is 166 Å². The van der Waals surface area contributed by atoms with Crippen LogP contribution in [0.15, 0.2) is 30.3 Å². The Morgan fingerprint density at radius 3 is 2.32 bits per heavy atom. The van der Waals surface area contributed by atoms with Gasteiger partial charge in [-0.1, -0.05) is 6.07 Å². The van der Waals surface area contributed by atoms with E-state index in [0.29, 0.717) is 12.5 Å². The zero-order chi connectivity index (χ0) is 19.9. The standard InChI is InChI=1S/C23H29NO4/c1-15(2)28-20-9-16(5-6-19(20)25)7-8-23(3,4)24-12-17-10-21-22(27-14-26-21)11-18(17)13-24/h5-6,9-11,15,25H,7-8,12-14H2,1-4H3.